The third-order valence-corrected chi connectivity index (χ3v) is 6.07. The van der Waals surface area contributed by atoms with Crippen molar-refractivity contribution in [3.8, 4) is 16.9 Å². The molecule has 0 unspecified atom stereocenters. The fourth-order valence-electron chi connectivity index (χ4n) is 3.60. The number of aliphatic hydroxyl groups is 1. The van der Waals surface area contributed by atoms with E-state index < -0.39 is 41.9 Å². The van der Waals surface area contributed by atoms with E-state index in [9.17, 15) is 32.3 Å². The molecule has 4 rings (SSSR count). The van der Waals surface area contributed by atoms with Crippen LogP contribution in [0.4, 0.5) is 23.2 Å². The Morgan fingerprint density at radius 1 is 1.05 bits per heavy atom. The van der Waals surface area contributed by atoms with Gasteiger partial charge in [0.2, 0.25) is 0 Å². The molecular formula is C25H17CdCl2F4N2O4-. The zero-order valence-electron chi connectivity index (χ0n) is 19.4. The molecule has 1 saturated heterocycles. The van der Waals surface area contributed by atoms with Crippen LogP contribution >= 0.6 is 23.2 Å². The largest absolute Gasteiger partial charge is 0.620 e. The number of β-amino-alcohol motifs (C(OH)–C–C–N with tert-alkyl or cyclic N) is 1. The van der Waals surface area contributed by atoms with E-state index in [-0.39, 0.29) is 73.2 Å². The Morgan fingerprint density at radius 2 is 1.76 bits per heavy atom. The van der Waals surface area contributed by atoms with E-state index in [1.165, 1.54) is 53.4 Å². The third-order valence-electron chi connectivity index (χ3n) is 5.42. The fourth-order valence-corrected chi connectivity index (χ4v) is 4.07. The molecule has 1 aliphatic rings. The summed E-state index contributed by atoms with van der Waals surface area (Å²) in [6, 6.07) is 11.8. The molecule has 1 aliphatic heterocycles. The van der Waals surface area contributed by atoms with E-state index in [2.05, 4.69) is 5.32 Å². The summed E-state index contributed by atoms with van der Waals surface area (Å²) in [5, 5.41) is 13.2. The Kier molecular flexibility index (Phi) is 9.66. The molecular weight excluding hydrogens is 652 g/mol. The van der Waals surface area contributed by atoms with E-state index in [0.29, 0.717) is 5.56 Å². The van der Waals surface area contributed by atoms with Gasteiger partial charge in [0.1, 0.15) is 11.6 Å². The third kappa shape index (κ3) is 6.96. The molecule has 3 aromatic rings. The number of rotatable bonds is 6. The Morgan fingerprint density at radius 3 is 2.39 bits per heavy atom. The smallest absolute Gasteiger partial charge is 0.422 e. The predicted molar refractivity (Wildman–Crippen MR) is 129 cm³/mol. The van der Waals surface area contributed by atoms with Crippen LogP contribution < -0.4 is 4.74 Å². The first-order valence-corrected chi connectivity index (χ1v) is 11.5. The number of hydrogen-bond donors (Lipinski definition) is 1. The molecule has 0 atom stereocenters. The SMILES string of the molecule is O=C([N-]c1ccc(-c2cc(C(=O)N3CC(O)C3)ccc2Cl)cc1OCC(F)(F)F)c1c(F)cccc1Cl.[Cd]. The van der Waals surface area contributed by atoms with Gasteiger partial charge in [-0.05, 0) is 42.0 Å². The maximum atomic E-state index is 14.1. The molecule has 0 aliphatic carbocycles. The summed E-state index contributed by atoms with van der Waals surface area (Å²) in [5.74, 6) is -2.83. The van der Waals surface area contributed by atoms with Gasteiger partial charge in [-0.3, -0.25) is 4.79 Å². The summed E-state index contributed by atoms with van der Waals surface area (Å²) in [6.45, 7) is -1.32. The molecule has 1 fully saturated rings. The molecule has 0 bridgehead atoms. The summed E-state index contributed by atoms with van der Waals surface area (Å²) >= 11 is 12.2. The van der Waals surface area contributed by atoms with Gasteiger partial charge >= 0.3 is 6.18 Å². The van der Waals surface area contributed by atoms with Crippen LogP contribution in [0.15, 0.2) is 54.6 Å². The van der Waals surface area contributed by atoms with Crippen LogP contribution in [0.25, 0.3) is 16.4 Å². The number of aliphatic hydroxyl groups excluding tert-OH is 1. The van der Waals surface area contributed by atoms with Crippen molar-refractivity contribution in [3.63, 3.8) is 0 Å². The molecule has 6 nitrogen and oxygen atoms in total. The Hall–Kier alpha value is -2.42. The van der Waals surface area contributed by atoms with E-state index in [1.807, 2.05) is 0 Å². The van der Waals surface area contributed by atoms with Crippen LogP contribution in [0.5, 0.6) is 5.75 Å². The van der Waals surface area contributed by atoms with Crippen LogP contribution in [0.1, 0.15) is 20.7 Å². The standard InChI is InChI=1S/C25H18Cl2F4N2O4.Cd/c26-17-6-4-14(24(36)33-10-15(34)11-33)8-16(17)13-5-7-20(21(9-13)37-12-25(29,30)31)32-23(35)22-18(27)2-1-3-19(22)28;/h1-9,15,34H,10-12H2,(H,32,35);/p-1. The van der Waals surface area contributed by atoms with Gasteiger partial charge in [-0.1, -0.05) is 47.1 Å². The summed E-state index contributed by atoms with van der Waals surface area (Å²) in [6.07, 6.45) is -5.29. The monoisotopic (exact) mass is 669 g/mol. The number of carbonyl (C=O) groups is 2. The van der Waals surface area contributed by atoms with Crippen molar-refractivity contribution in [2.45, 2.75) is 12.3 Å². The van der Waals surface area contributed by atoms with Crippen LogP contribution in [-0.2, 0) is 27.3 Å². The van der Waals surface area contributed by atoms with Gasteiger partial charge in [0.05, 0.1) is 22.6 Å². The molecule has 1 heterocycles. The molecule has 0 radical (unpaired) electrons. The van der Waals surface area contributed by atoms with Crippen LogP contribution in [0.2, 0.25) is 10.0 Å². The van der Waals surface area contributed by atoms with E-state index >= 15 is 0 Å². The van der Waals surface area contributed by atoms with Gasteiger partial charge in [-0.2, -0.15) is 13.2 Å². The molecule has 3 aromatic carbocycles. The van der Waals surface area contributed by atoms with Gasteiger partial charge in [-0.15, -0.1) is 0 Å². The minimum absolute atomic E-state index is 0. The Labute approximate surface area is 244 Å². The van der Waals surface area contributed by atoms with E-state index in [1.54, 1.807) is 0 Å². The quantitative estimate of drug-likeness (QED) is 0.244. The van der Waals surface area contributed by atoms with Gasteiger partial charge in [-0.25, -0.2) is 4.39 Å². The van der Waals surface area contributed by atoms with Crippen molar-refractivity contribution >= 4 is 40.7 Å². The number of benzene rings is 3. The topological polar surface area (TPSA) is 80.9 Å². The first kappa shape index (κ1) is 30.1. The first-order chi connectivity index (χ1) is 17.4. The zero-order chi connectivity index (χ0) is 26.9. The van der Waals surface area contributed by atoms with Crippen LogP contribution in [0.3, 0.4) is 0 Å². The fraction of sp³-hybridized carbons (Fsp3) is 0.200. The molecule has 1 N–H and O–H groups in total. The van der Waals surface area contributed by atoms with Crippen molar-refractivity contribution in [1.29, 1.82) is 0 Å². The average Bonchev–Trinajstić information content (AvgIpc) is 2.81. The number of nitrogens with zero attached hydrogens (tertiary/aromatic N) is 2. The van der Waals surface area contributed by atoms with Crippen molar-refractivity contribution in [3.05, 3.63) is 86.9 Å². The number of halogens is 6. The Balaban J connectivity index is 0.00000400. The summed E-state index contributed by atoms with van der Waals surface area (Å²) < 4.78 is 57.8. The minimum atomic E-state index is -4.70. The van der Waals surface area contributed by atoms with E-state index in [4.69, 9.17) is 27.9 Å². The molecule has 2 amide bonds. The van der Waals surface area contributed by atoms with Gasteiger partial charge in [0.25, 0.3) is 5.91 Å². The van der Waals surface area contributed by atoms with Gasteiger partial charge in [0.15, 0.2) is 6.61 Å². The Bertz CT molecular complexity index is 1350. The maximum absolute atomic E-state index is 14.1. The molecule has 0 aromatic heterocycles. The minimum Gasteiger partial charge on any atom is -0.620 e. The number of amides is 2. The van der Waals surface area contributed by atoms with Crippen LogP contribution in [0, 0.1) is 5.82 Å². The first-order valence-electron chi connectivity index (χ1n) is 10.7. The van der Waals surface area contributed by atoms with Crippen molar-refractivity contribution in [1.82, 2.24) is 4.90 Å². The second-order valence-corrected chi connectivity index (χ2v) is 8.97. The molecule has 196 valence electrons. The molecule has 0 spiro atoms. The predicted octanol–water partition coefficient (Wildman–Crippen LogP) is 6.40. The number of ether oxygens (including phenoxy) is 1. The average molecular weight is 669 g/mol. The van der Waals surface area contributed by atoms with Gasteiger partial charge in [0, 0.05) is 56.5 Å². The molecule has 13 heteroatoms. The van der Waals surface area contributed by atoms with E-state index in [0.717, 1.165) is 6.07 Å². The summed E-state index contributed by atoms with van der Waals surface area (Å²) in [5.41, 5.74) is -0.00548. The normalized spacial score (nSPS) is 13.4. The zero-order valence-corrected chi connectivity index (χ0v) is 25.0. The second kappa shape index (κ2) is 12.2. The second-order valence-electron chi connectivity index (χ2n) is 8.16. The van der Waals surface area contributed by atoms with Crippen molar-refractivity contribution in [2.75, 3.05) is 19.7 Å². The van der Waals surface area contributed by atoms with Crippen molar-refractivity contribution < 1.29 is 64.3 Å². The summed E-state index contributed by atoms with van der Waals surface area (Å²) in [7, 11) is 0. The molecule has 0 saturated carbocycles. The number of hydrogen-bond acceptors (Lipinski definition) is 4. The van der Waals surface area contributed by atoms with Crippen molar-refractivity contribution in [2.24, 2.45) is 0 Å². The number of likely N-dealkylation sites (tertiary alicyclic amines) is 1. The maximum Gasteiger partial charge on any atom is 0.422 e. The van der Waals surface area contributed by atoms with Crippen LogP contribution in [-0.4, -0.2) is 53.8 Å². The number of carbonyl (C=O) groups excluding carboxylic acids is 2. The number of alkyl halides is 3. The van der Waals surface area contributed by atoms with Gasteiger partial charge < -0.3 is 24.9 Å². The summed E-state index contributed by atoms with van der Waals surface area (Å²) in [4.78, 5) is 26.7. The molecule has 38 heavy (non-hydrogen) atoms.